The minimum atomic E-state index is -0.504. The van der Waals surface area contributed by atoms with E-state index in [1.807, 2.05) is 12.1 Å². The summed E-state index contributed by atoms with van der Waals surface area (Å²) < 4.78 is 6.82. The van der Waals surface area contributed by atoms with Gasteiger partial charge >= 0.3 is 5.76 Å². The molecule has 1 aliphatic carbocycles. The fourth-order valence-electron chi connectivity index (χ4n) is 3.14. The Morgan fingerprint density at radius 2 is 2.18 bits per heavy atom. The second kappa shape index (κ2) is 5.72. The van der Waals surface area contributed by atoms with Gasteiger partial charge in [-0.1, -0.05) is 25.3 Å². The largest absolute Gasteiger partial charge is 0.420 e. The van der Waals surface area contributed by atoms with E-state index in [0.717, 1.165) is 36.9 Å². The van der Waals surface area contributed by atoms with Gasteiger partial charge in [0.15, 0.2) is 5.58 Å². The monoisotopic (exact) mass is 297 g/mol. The molecule has 1 aliphatic rings. The van der Waals surface area contributed by atoms with Gasteiger partial charge in [-0.3, -0.25) is 4.57 Å². The Morgan fingerprint density at radius 3 is 2.86 bits per heavy atom. The van der Waals surface area contributed by atoms with Gasteiger partial charge in [-0.25, -0.2) is 4.79 Å². The van der Waals surface area contributed by atoms with Crippen molar-refractivity contribution in [3.8, 4) is 6.07 Å². The summed E-state index contributed by atoms with van der Waals surface area (Å²) >= 11 is 0. The molecule has 0 amide bonds. The van der Waals surface area contributed by atoms with Crippen molar-refractivity contribution in [3.63, 3.8) is 0 Å². The third-order valence-electron chi connectivity index (χ3n) is 4.28. The van der Waals surface area contributed by atoms with E-state index in [0.29, 0.717) is 12.1 Å². The van der Waals surface area contributed by atoms with Crippen LogP contribution in [-0.2, 0) is 6.54 Å². The van der Waals surface area contributed by atoms with Crippen LogP contribution in [0, 0.1) is 11.3 Å². The van der Waals surface area contributed by atoms with E-state index in [9.17, 15) is 10.1 Å². The molecular weight excluding hydrogens is 278 g/mol. The first-order valence-electron chi connectivity index (χ1n) is 7.61. The van der Waals surface area contributed by atoms with Gasteiger partial charge in [0, 0.05) is 18.3 Å². The lowest BCUT2D eigenvalue weighted by Crippen LogP contribution is -2.38. The third-order valence-corrected chi connectivity index (χ3v) is 4.28. The second-order valence-electron chi connectivity index (χ2n) is 5.83. The molecule has 5 nitrogen and oxygen atoms in total. The minimum Gasteiger partial charge on any atom is -0.408 e. The molecule has 0 radical (unpaired) electrons. The summed E-state index contributed by atoms with van der Waals surface area (Å²) in [6.45, 7) is 4.07. The van der Waals surface area contributed by atoms with Crippen LogP contribution in [0.5, 0.6) is 0 Å². The summed E-state index contributed by atoms with van der Waals surface area (Å²) in [6.07, 6.45) is 6.67. The summed E-state index contributed by atoms with van der Waals surface area (Å²) in [5.74, 6) is -0.389. The normalized spacial score (nSPS) is 17.0. The molecule has 22 heavy (non-hydrogen) atoms. The van der Waals surface area contributed by atoms with Crippen LogP contribution in [0.25, 0.3) is 11.1 Å². The number of hydrogen-bond donors (Lipinski definition) is 1. The Morgan fingerprint density at radius 1 is 1.41 bits per heavy atom. The van der Waals surface area contributed by atoms with Crippen LogP contribution in [0.2, 0.25) is 0 Å². The number of aromatic nitrogens is 1. The molecule has 1 saturated carbocycles. The first-order valence-corrected chi connectivity index (χ1v) is 7.61. The SMILES string of the molecule is C=CCn1c(=O)oc2cc(NC3(C#N)CCCCC3)ccc21. The lowest BCUT2D eigenvalue weighted by Gasteiger charge is -2.32. The molecule has 3 rings (SSSR count). The highest BCUT2D eigenvalue weighted by molar-refractivity contribution is 5.78. The minimum absolute atomic E-state index is 0.389. The van der Waals surface area contributed by atoms with E-state index in [1.165, 1.54) is 11.0 Å². The van der Waals surface area contributed by atoms with E-state index in [2.05, 4.69) is 18.0 Å². The molecular formula is C17H19N3O2. The highest BCUT2D eigenvalue weighted by atomic mass is 16.4. The number of oxazole rings is 1. The summed E-state index contributed by atoms with van der Waals surface area (Å²) in [7, 11) is 0. The van der Waals surface area contributed by atoms with Crippen LogP contribution in [0.4, 0.5) is 5.69 Å². The summed E-state index contributed by atoms with van der Waals surface area (Å²) in [5.41, 5.74) is 1.58. The van der Waals surface area contributed by atoms with Gasteiger partial charge < -0.3 is 9.73 Å². The highest BCUT2D eigenvalue weighted by Gasteiger charge is 2.31. The average molecular weight is 297 g/mol. The van der Waals surface area contributed by atoms with Gasteiger partial charge in [0.2, 0.25) is 0 Å². The van der Waals surface area contributed by atoms with Crippen LogP contribution < -0.4 is 11.1 Å². The topological polar surface area (TPSA) is 71.0 Å². The highest BCUT2D eigenvalue weighted by Crippen LogP contribution is 2.32. The van der Waals surface area contributed by atoms with E-state index >= 15 is 0 Å². The maximum Gasteiger partial charge on any atom is 0.420 e. The van der Waals surface area contributed by atoms with Crippen molar-refractivity contribution in [2.45, 2.75) is 44.2 Å². The maximum absolute atomic E-state index is 11.8. The molecule has 0 saturated heterocycles. The standard InChI is InChI=1S/C17H19N3O2/c1-2-10-20-14-7-6-13(11-15(14)22-16(20)21)19-17(12-18)8-4-3-5-9-17/h2,6-7,11,19H,1,3-5,8-10H2. The Balaban J connectivity index is 1.94. The van der Waals surface area contributed by atoms with Crippen LogP contribution in [0.3, 0.4) is 0 Å². The Hall–Kier alpha value is -2.48. The van der Waals surface area contributed by atoms with Crippen molar-refractivity contribution in [2.75, 3.05) is 5.32 Å². The predicted octanol–water partition coefficient (Wildman–Crippen LogP) is 3.42. The number of benzene rings is 1. The number of nitrogens with zero attached hydrogens (tertiary/aromatic N) is 2. The molecule has 0 aliphatic heterocycles. The molecule has 0 bridgehead atoms. The first kappa shape index (κ1) is 14.5. The van der Waals surface area contributed by atoms with E-state index in [4.69, 9.17) is 4.42 Å². The fourth-order valence-corrected chi connectivity index (χ4v) is 3.14. The number of nitriles is 1. The Bertz CT molecular complexity index is 788. The molecule has 0 atom stereocenters. The molecule has 2 aromatic rings. The number of fused-ring (bicyclic) bond motifs is 1. The van der Waals surface area contributed by atoms with Gasteiger partial charge in [-0.05, 0) is 25.0 Å². The van der Waals surface area contributed by atoms with Gasteiger partial charge in [-0.15, -0.1) is 6.58 Å². The number of hydrogen-bond acceptors (Lipinski definition) is 4. The van der Waals surface area contributed by atoms with Gasteiger partial charge in [0.25, 0.3) is 0 Å². The third kappa shape index (κ3) is 2.52. The molecule has 1 aromatic heterocycles. The van der Waals surface area contributed by atoms with Crippen molar-refractivity contribution in [3.05, 3.63) is 41.4 Å². The summed E-state index contributed by atoms with van der Waals surface area (Å²) in [6, 6.07) is 7.97. The van der Waals surface area contributed by atoms with Gasteiger partial charge in [0.05, 0.1) is 11.6 Å². The fraction of sp³-hybridized carbons (Fsp3) is 0.412. The number of allylic oxidation sites excluding steroid dienone is 1. The number of rotatable bonds is 4. The smallest absolute Gasteiger partial charge is 0.408 e. The van der Waals surface area contributed by atoms with Crippen LogP contribution >= 0.6 is 0 Å². The molecule has 0 spiro atoms. The van der Waals surface area contributed by atoms with Crippen molar-refractivity contribution in [2.24, 2.45) is 0 Å². The van der Waals surface area contributed by atoms with Gasteiger partial charge in [-0.2, -0.15) is 5.26 Å². The zero-order chi connectivity index (χ0) is 15.6. The van der Waals surface area contributed by atoms with Crippen molar-refractivity contribution in [1.82, 2.24) is 4.57 Å². The lowest BCUT2D eigenvalue weighted by molar-refractivity contribution is 0.392. The quantitative estimate of drug-likeness (QED) is 0.878. The molecule has 1 N–H and O–H groups in total. The van der Waals surface area contributed by atoms with Crippen molar-refractivity contribution >= 4 is 16.8 Å². The Labute approximate surface area is 128 Å². The predicted molar refractivity (Wildman–Crippen MR) is 85.7 cm³/mol. The Kier molecular flexibility index (Phi) is 3.76. The molecule has 114 valence electrons. The molecule has 1 heterocycles. The summed E-state index contributed by atoms with van der Waals surface area (Å²) in [4.78, 5) is 11.8. The molecule has 5 heteroatoms. The number of nitrogens with one attached hydrogen (secondary N) is 1. The first-order chi connectivity index (χ1) is 10.7. The molecule has 1 fully saturated rings. The number of anilines is 1. The second-order valence-corrected chi connectivity index (χ2v) is 5.83. The zero-order valence-corrected chi connectivity index (χ0v) is 12.5. The van der Waals surface area contributed by atoms with Crippen LogP contribution in [0.15, 0.2) is 40.1 Å². The average Bonchev–Trinajstić information content (AvgIpc) is 2.84. The van der Waals surface area contributed by atoms with Gasteiger partial charge in [0.1, 0.15) is 5.54 Å². The maximum atomic E-state index is 11.8. The molecule has 1 aromatic carbocycles. The van der Waals surface area contributed by atoms with Crippen LogP contribution in [-0.4, -0.2) is 10.1 Å². The van der Waals surface area contributed by atoms with Crippen molar-refractivity contribution < 1.29 is 4.42 Å². The van der Waals surface area contributed by atoms with Crippen LogP contribution in [0.1, 0.15) is 32.1 Å². The lowest BCUT2D eigenvalue weighted by atomic mass is 9.82. The van der Waals surface area contributed by atoms with E-state index in [1.54, 1.807) is 12.1 Å². The zero-order valence-electron chi connectivity index (χ0n) is 12.5. The van der Waals surface area contributed by atoms with E-state index in [-0.39, 0.29) is 5.76 Å². The van der Waals surface area contributed by atoms with Crippen molar-refractivity contribution in [1.29, 1.82) is 5.26 Å². The molecule has 0 unspecified atom stereocenters. The summed E-state index contributed by atoms with van der Waals surface area (Å²) in [5, 5.41) is 12.9. The van der Waals surface area contributed by atoms with E-state index < -0.39 is 5.54 Å².